The first kappa shape index (κ1) is 20.5. The van der Waals surface area contributed by atoms with Crippen molar-refractivity contribution in [1.29, 1.82) is 0 Å². The van der Waals surface area contributed by atoms with E-state index in [1.54, 1.807) is 0 Å². The van der Waals surface area contributed by atoms with Gasteiger partial charge < -0.3 is 14.2 Å². The Morgan fingerprint density at radius 1 is 1.07 bits per heavy atom. The van der Waals surface area contributed by atoms with Gasteiger partial charge in [0.1, 0.15) is 6.04 Å². The van der Waals surface area contributed by atoms with E-state index in [1.807, 2.05) is 62.4 Å². The summed E-state index contributed by atoms with van der Waals surface area (Å²) in [7, 11) is 1.33. The Morgan fingerprint density at radius 2 is 1.76 bits per heavy atom. The normalized spacial score (nSPS) is 15.3. The monoisotopic (exact) mass is 395 g/mol. The average molecular weight is 395 g/mol. The molecule has 0 radical (unpaired) electrons. The molecule has 0 bridgehead atoms. The van der Waals surface area contributed by atoms with E-state index in [4.69, 9.17) is 14.2 Å². The molecule has 1 unspecified atom stereocenters. The molecule has 6 heteroatoms. The third kappa shape index (κ3) is 4.26. The molecule has 152 valence electrons. The Balaban J connectivity index is 2.01. The highest BCUT2D eigenvalue weighted by Gasteiger charge is 2.29. The van der Waals surface area contributed by atoms with Crippen LogP contribution < -0.4 is 14.4 Å². The third-order valence-electron chi connectivity index (χ3n) is 4.76. The summed E-state index contributed by atoms with van der Waals surface area (Å²) < 4.78 is 16.2. The summed E-state index contributed by atoms with van der Waals surface area (Å²) >= 11 is 0. The van der Waals surface area contributed by atoms with E-state index >= 15 is 0 Å². The number of benzene rings is 2. The number of methoxy groups -OCH3 is 1. The lowest BCUT2D eigenvalue weighted by Gasteiger charge is -2.25. The van der Waals surface area contributed by atoms with Gasteiger partial charge in [0.2, 0.25) is 6.41 Å². The first-order valence-electron chi connectivity index (χ1n) is 9.65. The van der Waals surface area contributed by atoms with Crippen LogP contribution in [0.3, 0.4) is 0 Å². The highest BCUT2D eigenvalue weighted by atomic mass is 16.5. The van der Waals surface area contributed by atoms with Gasteiger partial charge in [-0.25, -0.2) is 4.79 Å². The molecule has 0 saturated heterocycles. The molecule has 29 heavy (non-hydrogen) atoms. The van der Waals surface area contributed by atoms with Crippen molar-refractivity contribution in [2.24, 2.45) is 0 Å². The number of hydrogen-bond acceptors (Lipinski definition) is 5. The molecule has 1 aliphatic rings. The second-order valence-electron chi connectivity index (χ2n) is 6.49. The molecule has 0 N–H and O–H groups in total. The minimum atomic E-state index is -0.670. The molecule has 3 rings (SSSR count). The molecule has 0 saturated carbocycles. The van der Waals surface area contributed by atoms with E-state index in [-0.39, 0.29) is 0 Å². The van der Waals surface area contributed by atoms with Crippen molar-refractivity contribution in [3.05, 3.63) is 48.0 Å². The van der Waals surface area contributed by atoms with Crippen molar-refractivity contribution < 1.29 is 23.8 Å². The lowest BCUT2D eigenvalue weighted by atomic mass is 10.0. The first-order valence-corrected chi connectivity index (χ1v) is 9.65. The average Bonchev–Trinajstić information content (AvgIpc) is 2.93. The van der Waals surface area contributed by atoms with E-state index in [0.29, 0.717) is 43.2 Å². The van der Waals surface area contributed by atoms with Gasteiger partial charge in [-0.05, 0) is 61.2 Å². The summed E-state index contributed by atoms with van der Waals surface area (Å²) in [6.07, 6.45) is 4.89. The van der Waals surface area contributed by atoms with Crippen LogP contribution in [-0.4, -0.2) is 38.7 Å². The van der Waals surface area contributed by atoms with Crippen molar-refractivity contribution in [2.45, 2.75) is 26.3 Å². The van der Waals surface area contributed by atoms with Crippen LogP contribution in [0.15, 0.2) is 42.5 Å². The van der Waals surface area contributed by atoms with Crippen LogP contribution in [0.4, 0.5) is 5.69 Å². The number of amides is 1. The zero-order valence-electron chi connectivity index (χ0n) is 16.9. The molecule has 0 fully saturated rings. The molecular formula is C23H25NO5. The third-order valence-corrected chi connectivity index (χ3v) is 4.76. The number of esters is 1. The second-order valence-corrected chi connectivity index (χ2v) is 6.49. The summed E-state index contributed by atoms with van der Waals surface area (Å²) in [4.78, 5) is 25.3. The molecule has 0 spiro atoms. The van der Waals surface area contributed by atoms with E-state index < -0.39 is 12.0 Å². The van der Waals surface area contributed by atoms with Gasteiger partial charge in [0, 0.05) is 0 Å². The Morgan fingerprint density at radius 3 is 2.45 bits per heavy atom. The fourth-order valence-corrected chi connectivity index (χ4v) is 3.41. The van der Waals surface area contributed by atoms with Gasteiger partial charge >= 0.3 is 5.97 Å². The number of rotatable bonds is 7. The fraction of sp³-hybridized carbons (Fsp3) is 0.304. The number of nitrogens with zero attached hydrogens (tertiary/aromatic N) is 1. The maximum absolute atomic E-state index is 12.1. The Kier molecular flexibility index (Phi) is 6.54. The lowest BCUT2D eigenvalue weighted by molar-refractivity contribution is -0.142. The Labute approximate surface area is 170 Å². The van der Waals surface area contributed by atoms with Gasteiger partial charge in [-0.1, -0.05) is 24.3 Å². The highest BCUT2D eigenvalue weighted by Crippen LogP contribution is 2.36. The number of carbonyl (C=O) groups excluding carboxylic acids is 2. The molecular weight excluding hydrogens is 370 g/mol. The van der Waals surface area contributed by atoms with Gasteiger partial charge in [0.05, 0.1) is 26.0 Å². The van der Waals surface area contributed by atoms with Crippen molar-refractivity contribution in [2.75, 3.05) is 25.2 Å². The van der Waals surface area contributed by atoms with Crippen molar-refractivity contribution in [3.8, 4) is 22.6 Å². The van der Waals surface area contributed by atoms with Gasteiger partial charge in [-0.2, -0.15) is 0 Å². The zero-order chi connectivity index (χ0) is 20.8. The minimum Gasteiger partial charge on any atom is -0.490 e. The summed E-state index contributed by atoms with van der Waals surface area (Å²) in [5.41, 5.74) is 3.47. The first-order chi connectivity index (χ1) is 14.1. The van der Waals surface area contributed by atoms with Gasteiger partial charge in [0.25, 0.3) is 0 Å². The van der Waals surface area contributed by atoms with Crippen LogP contribution in [-0.2, 0) is 14.3 Å². The Hall–Kier alpha value is -3.28. The van der Waals surface area contributed by atoms with Crippen molar-refractivity contribution >= 4 is 24.1 Å². The fourth-order valence-electron chi connectivity index (χ4n) is 3.41. The maximum Gasteiger partial charge on any atom is 0.329 e. The summed E-state index contributed by atoms with van der Waals surface area (Å²) in [5.74, 6) is 0.963. The van der Waals surface area contributed by atoms with E-state index in [1.165, 1.54) is 12.0 Å². The van der Waals surface area contributed by atoms with Crippen LogP contribution in [0, 0.1) is 0 Å². The summed E-state index contributed by atoms with van der Waals surface area (Å²) in [6.45, 7) is 4.97. The molecule has 1 heterocycles. The maximum atomic E-state index is 12.1. The minimum absolute atomic E-state index is 0.396. The molecule has 1 amide bonds. The zero-order valence-corrected chi connectivity index (χ0v) is 16.9. The molecule has 2 aromatic rings. The van der Waals surface area contributed by atoms with Gasteiger partial charge in [0.15, 0.2) is 11.5 Å². The van der Waals surface area contributed by atoms with E-state index in [9.17, 15) is 9.59 Å². The number of carbonyl (C=O) groups is 2. The summed E-state index contributed by atoms with van der Waals surface area (Å²) in [5, 5.41) is 0. The van der Waals surface area contributed by atoms with Gasteiger partial charge in [-0.3, -0.25) is 9.69 Å². The topological polar surface area (TPSA) is 65.1 Å². The number of fused-ring (bicyclic) bond motifs is 1. The van der Waals surface area contributed by atoms with Crippen LogP contribution in [0.1, 0.15) is 25.8 Å². The number of hydrogen-bond donors (Lipinski definition) is 0. The molecule has 0 aliphatic carbocycles. The smallest absolute Gasteiger partial charge is 0.329 e. The van der Waals surface area contributed by atoms with Crippen LogP contribution in [0.25, 0.3) is 17.2 Å². The van der Waals surface area contributed by atoms with Crippen LogP contribution in [0.2, 0.25) is 0 Å². The number of anilines is 1. The van der Waals surface area contributed by atoms with E-state index in [2.05, 4.69) is 0 Å². The second kappa shape index (κ2) is 9.28. The SMILES string of the molecule is CCOc1ccc(-c2ccc3c(c2)C=CCC(C(=O)OC)N3C=O)cc1OCC. The molecule has 0 aromatic heterocycles. The van der Waals surface area contributed by atoms with Crippen molar-refractivity contribution in [3.63, 3.8) is 0 Å². The number of ether oxygens (including phenoxy) is 3. The largest absolute Gasteiger partial charge is 0.490 e. The molecule has 1 atom stereocenters. The van der Waals surface area contributed by atoms with Gasteiger partial charge in [-0.15, -0.1) is 0 Å². The predicted octanol–water partition coefficient (Wildman–Crippen LogP) is 4.07. The molecule has 6 nitrogen and oxygen atoms in total. The quantitative estimate of drug-likeness (QED) is 0.522. The Bertz CT molecular complexity index is 921. The van der Waals surface area contributed by atoms with E-state index in [0.717, 1.165) is 16.7 Å². The summed E-state index contributed by atoms with van der Waals surface area (Å²) in [6, 6.07) is 10.9. The lowest BCUT2D eigenvalue weighted by Crippen LogP contribution is -2.40. The van der Waals surface area contributed by atoms with Crippen LogP contribution >= 0.6 is 0 Å². The standard InChI is InChI=1S/C23H25NO5/c1-4-28-21-12-10-17(14-22(21)29-5-2)16-9-11-19-18(13-16)7-6-8-20(23(26)27-3)24(19)15-25/h6-7,9-15,20H,4-5,8H2,1-3H3. The molecule has 1 aliphatic heterocycles. The van der Waals surface area contributed by atoms with Crippen molar-refractivity contribution in [1.82, 2.24) is 0 Å². The highest BCUT2D eigenvalue weighted by molar-refractivity contribution is 5.93. The van der Waals surface area contributed by atoms with Crippen LogP contribution in [0.5, 0.6) is 11.5 Å². The molecule has 2 aromatic carbocycles. The predicted molar refractivity (Wildman–Crippen MR) is 112 cm³/mol.